The number of aryl methyl sites for hydroxylation is 1. The Morgan fingerprint density at radius 2 is 1.10 bits per heavy atom. The van der Waals surface area contributed by atoms with E-state index < -0.39 is 0 Å². The summed E-state index contributed by atoms with van der Waals surface area (Å²) < 4.78 is 0. The predicted octanol–water partition coefficient (Wildman–Crippen LogP) is 6.66. The molecule has 0 aromatic heterocycles. The average molecular weight is 272 g/mol. The topological polar surface area (TPSA) is 0 Å². The van der Waals surface area contributed by atoms with Gasteiger partial charge in [0.15, 0.2) is 0 Å². The van der Waals surface area contributed by atoms with Crippen molar-refractivity contribution in [3.8, 4) is 0 Å². The first-order valence-corrected chi connectivity index (χ1v) is 7.94. The first kappa shape index (κ1) is 20.8. The Morgan fingerprint density at radius 3 is 1.60 bits per heavy atom. The number of hydrogen-bond donors (Lipinski definition) is 0. The van der Waals surface area contributed by atoms with E-state index >= 15 is 0 Å². The minimum atomic E-state index is 1.03. The molecule has 0 bridgehead atoms. The molecule has 0 fully saturated rings. The minimum Gasteiger partial charge on any atom is -0.0683 e. The maximum atomic E-state index is 2.24. The van der Waals surface area contributed by atoms with Crippen LogP contribution in [0.3, 0.4) is 0 Å². The largest absolute Gasteiger partial charge is 0.0683 e. The van der Waals surface area contributed by atoms with E-state index in [0.717, 1.165) is 6.42 Å². The minimum absolute atomic E-state index is 1.03. The highest BCUT2D eigenvalue weighted by molar-refractivity contribution is 5.28. The molecule has 0 spiro atoms. The third-order valence-corrected chi connectivity index (χ3v) is 2.33. The first-order chi connectivity index (χ1) is 9.84. The van der Waals surface area contributed by atoms with Crippen molar-refractivity contribution < 1.29 is 0 Å². The van der Waals surface area contributed by atoms with Gasteiger partial charge in [-0.1, -0.05) is 102 Å². The second-order valence-corrected chi connectivity index (χ2v) is 3.65. The lowest BCUT2D eigenvalue weighted by Gasteiger charge is -2.02. The molecule has 0 aliphatic carbocycles. The lowest BCUT2D eigenvalue weighted by Crippen LogP contribution is -1.87. The lowest BCUT2D eigenvalue weighted by molar-refractivity contribution is 1.18. The van der Waals surface area contributed by atoms with Gasteiger partial charge in [-0.05, 0) is 24.5 Å². The first-order valence-electron chi connectivity index (χ1n) is 7.94. The molecule has 0 unspecified atom stereocenters. The molecular formula is C20H32. The van der Waals surface area contributed by atoms with Crippen LogP contribution >= 0.6 is 0 Å². The van der Waals surface area contributed by atoms with Crippen molar-refractivity contribution in [1.29, 1.82) is 0 Å². The third-order valence-electron chi connectivity index (χ3n) is 2.33. The fourth-order valence-corrected chi connectivity index (χ4v) is 1.65. The van der Waals surface area contributed by atoms with E-state index in [1.807, 2.05) is 41.5 Å². The highest BCUT2D eigenvalue weighted by Crippen LogP contribution is 2.10. The van der Waals surface area contributed by atoms with Crippen LogP contribution in [0.5, 0.6) is 0 Å². The number of benzene rings is 2. The van der Waals surface area contributed by atoms with Gasteiger partial charge in [-0.2, -0.15) is 0 Å². The second kappa shape index (κ2) is 15.5. The van der Waals surface area contributed by atoms with Gasteiger partial charge in [0.25, 0.3) is 0 Å². The SMILES string of the molecule is CC.CC.CC.Cc1cccc(Cc2ccccc2)c1. The lowest BCUT2D eigenvalue weighted by atomic mass is 10.0. The van der Waals surface area contributed by atoms with Crippen LogP contribution in [-0.4, -0.2) is 0 Å². The molecule has 0 saturated heterocycles. The molecule has 0 aliphatic rings. The van der Waals surface area contributed by atoms with Crippen LogP contribution in [-0.2, 0) is 6.42 Å². The Bertz CT molecular complexity index is 401. The summed E-state index contributed by atoms with van der Waals surface area (Å²) in [6.45, 7) is 14.1. The van der Waals surface area contributed by atoms with E-state index in [4.69, 9.17) is 0 Å². The molecule has 2 aromatic rings. The van der Waals surface area contributed by atoms with E-state index in [9.17, 15) is 0 Å². The van der Waals surface area contributed by atoms with Crippen LogP contribution in [0.2, 0.25) is 0 Å². The molecule has 0 aliphatic heterocycles. The molecule has 112 valence electrons. The van der Waals surface area contributed by atoms with Gasteiger partial charge in [0, 0.05) is 0 Å². The molecule has 0 radical (unpaired) electrons. The van der Waals surface area contributed by atoms with E-state index in [0.29, 0.717) is 0 Å². The standard InChI is InChI=1S/C14H14.3C2H6/c1-12-6-5-9-14(10-12)11-13-7-3-2-4-8-13;3*1-2/h2-10H,11H2,1H3;3*1-2H3. The van der Waals surface area contributed by atoms with Crippen molar-refractivity contribution in [2.24, 2.45) is 0 Å². The van der Waals surface area contributed by atoms with Gasteiger partial charge in [-0.25, -0.2) is 0 Å². The van der Waals surface area contributed by atoms with Crippen LogP contribution in [0, 0.1) is 6.92 Å². The van der Waals surface area contributed by atoms with Crippen molar-refractivity contribution in [3.63, 3.8) is 0 Å². The molecule has 0 amide bonds. The predicted molar refractivity (Wildman–Crippen MR) is 94.5 cm³/mol. The molecule has 2 aromatic carbocycles. The zero-order valence-electron chi connectivity index (χ0n) is 14.4. The summed E-state index contributed by atoms with van der Waals surface area (Å²) in [7, 11) is 0. The van der Waals surface area contributed by atoms with Crippen molar-refractivity contribution in [2.75, 3.05) is 0 Å². The Kier molecular flexibility index (Phi) is 16.1. The summed E-state index contributed by atoms with van der Waals surface area (Å²) in [5, 5.41) is 0. The van der Waals surface area contributed by atoms with E-state index in [1.165, 1.54) is 16.7 Å². The third kappa shape index (κ3) is 9.38. The summed E-state index contributed by atoms with van der Waals surface area (Å²) in [4.78, 5) is 0. The Morgan fingerprint density at radius 1 is 0.600 bits per heavy atom. The van der Waals surface area contributed by atoms with Crippen LogP contribution in [0.4, 0.5) is 0 Å². The van der Waals surface area contributed by atoms with Gasteiger partial charge in [0.1, 0.15) is 0 Å². The molecule has 0 heteroatoms. The van der Waals surface area contributed by atoms with Gasteiger partial charge in [0.2, 0.25) is 0 Å². The summed E-state index contributed by atoms with van der Waals surface area (Å²) in [6, 6.07) is 19.2. The molecule has 0 N–H and O–H groups in total. The molecule has 2 rings (SSSR count). The summed E-state index contributed by atoms with van der Waals surface area (Å²) >= 11 is 0. The Hall–Kier alpha value is -1.56. The zero-order chi connectivity index (χ0) is 15.8. The molecule has 0 atom stereocenters. The highest BCUT2D eigenvalue weighted by atomic mass is 14.0. The zero-order valence-corrected chi connectivity index (χ0v) is 14.4. The van der Waals surface area contributed by atoms with Crippen molar-refractivity contribution in [3.05, 3.63) is 71.3 Å². The maximum Gasteiger partial charge on any atom is -0.00257 e. The number of rotatable bonds is 2. The Balaban J connectivity index is 0. The number of hydrogen-bond acceptors (Lipinski definition) is 0. The summed E-state index contributed by atoms with van der Waals surface area (Å²) in [5.74, 6) is 0. The smallest absolute Gasteiger partial charge is 0.00257 e. The molecule has 20 heavy (non-hydrogen) atoms. The van der Waals surface area contributed by atoms with Crippen molar-refractivity contribution >= 4 is 0 Å². The van der Waals surface area contributed by atoms with Gasteiger partial charge < -0.3 is 0 Å². The molecular weight excluding hydrogens is 240 g/mol. The molecule has 0 heterocycles. The molecule has 0 saturated carbocycles. The summed E-state index contributed by atoms with van der Waals surface area (Å²) in [5.41, 5.74) is 4.09. The summed E-state index contributed by atoms with van der Waals surface area (Å²) in [6.07, 6.45) is 1.03. The van der Waals surface area contributed by atoms with E-state index in [1.54, 1.807) is 0 Å². The quantitative estimate of drug-likeness (QED) is 0.573. The van der Waals surface area contributed by atoms with E-state index in [-0.39, 0.29) is 0 Å². The highest BCUT2D eigenvalue weighted by Gasteiger charge is 1.94. The monoisotopic (exact) mass is 272 g/mol. The van der Waals surface area contributed by atoms with Crippen LogP contribution in [0.25, 0.3) is 0 Å². The van der Waals surface area contributed by atoms with Crippen LogP contribution in [0.15, 0.2) is 54.6 Å². The van der Waals surface area contributed by atoms with Gasteiger partial charge >= 0.3 is 0 Å². The Labute approximate surface area is 126 Å². The van der Waals surface area contributed by atoms with Gasteiger partial charge in [0.05, 0.1) is 0 Å². The maximum absolute atomic E-state index is 2.24. The van der Waals surface area contributed by atoms with Crippen LogP contribution in [0.1, 0.15) is 58.2 Å². The van der Waals surface area contributed by atoms with Gasteiger partial charge in [-0.3, -0.25) is 0 Å². The van der Waals surface area contributed by atoms with E-state index in [2.05, 4.69) is 61.5 Å². The van der Waals surface area contributed by atoms with Crippen LogP contribution < -0.4 is 0 Å². The van der Waals surface area contributed by atoms with Crippen molar-refractivity contribution in [2.45, 2.75) is 54.9 Å². The van der Waals surface area contributed by atoms with Gasteiger partial charge in [-0.15, -0.1) is 0 Å². The van der Waals surface area contributed by atoms with Crippen molar-refractivity contribution in [1.82, 2.24) is 0 Å². The normalized spacial score (nSPS) is 7.95. The second-order valence-electron chi connectivity index (χ2n) is 3.65. The fourth-order valence-electron chi connectivity index (χ4n) is 1.65. The molecule has 0 nitrogen and oxygen atoms in total. The fraction of sp³-hybridized carbons (Fsp3) is 0.400. The average Bonchev–Trinajstić information content (AvgIpc) is 2.54.